The van der Waals surface area contributed by atoms with Gasteiger partial charge in [-0.25, -0.2) is 5.43 Å². The van der Waals surface area contributed by atoms with Crippen molar-refractivity contribution in [3.63, 3.8) is 0 Å². The van der Waals surface area contributed by atoms with E-state index in [2.05, 4.69) is 15.7 Å². The lowest BCUT2D eigenvalue weighted by Crippen LogP contribution is -2.60. The molecule has 0 spiro atoms. The first kappa shape index (κ1) is 24.3. The normalized spacial score (nSPS) is 19.0. The zero-order chi connectivity index (χ0) is 22.3. The molecule has 2 rings (SSSR count). The highest BCUT2D eigenvalue weighted by Gasteiger charge is 2.32. The molecular weight excluding hydrogens is 433 g/mol. The molecule has 0 bridgehead atoms. The number of hydrazine groups is 1. The molecule has 0 radical (unpaired) electrons. The molecule has 0 aromatic carbocycles. The standard InChI is InChI=1S/C19H27Cl2N5O4/c1-12(24-16(27)14(22)9-13-5-3-7-23-10-13)17(28)26-8-4-6-15(25-26)18(29)30-11-19(2,20)21/h3,5,7,10,12,14-15,25H,4,6,8-9,11,22H2,1-2H3,(H,24,27)/t12-,14-,15-/m0/s1. The van der Waals surface area contributed by atoms with E-state index in [-0.39, 0.29) is 12.5 Å². The minimum absolute atomic E-state index is 0.164. The molecule has 2 heterocycles. The van der Waals surface area contributed by atoms with E-state index in [1.807, 2.05) is 6.07 Å². The van der Waals surface area contributed by atoms with Crippen LogP contribution in [0, 0.1) is 0 Å². The summed E-state index contributed by atoms with van der Waals surface area (Å²) < 4.78 is 3.91. The maximum absolute atomic E-state index is 12.7. The fraction of sp³-hybridized carbons (Fsp3) is 0.579. The second-order valence-corrected chi connectivity index (χ2v) is 9.26. The Morgan fingerprint density at radius 3 is 2.83 bits per heavy atom. The van der Waals surface area contributed by atoms with Gasteiger partial charge in [0.1, 0.15) is 23.0 Å². The Morgan fingerprint density at radius 2 is 2.20 bits per heavy atom. The number of carbonyl (C=O) groups is 3. The average Bonchev–Trinajstić information content (AvgIpc) is 2.71. The van der Waals surface area contributed by atoms with E-state index < -0.39 is 34.3 Å². The molecule has 1 fully saturated rings. The van der Waals surface area contributed by atoms with E-state index in [0.29, 0.717) is 25.8 Å². The van der Waals surface area contributed by atoms with Gasteiger partial charge in [-0.2, -0.15) is 0 Å². The van der Waals surface area contributed by atoms with E-state index >= 15 is 0 Å². The molecule has 166 valence electrons. The maximum atomic E-state index is 12.7. The summed E-state index contributed by atoms with van der Waals surface area (Å²) in [6.07, 6.45) is 4.67. The molecule has 0 saturated carbocycles. The number of halogens is 2. The van der Waals surface area contributed by atoms with Crippen molar-refractivity contribution in [2.24, 2.45) is 5.73 Å². The van der Waals surface area contributed by atoms with Crippen molar-refractivity contribution >= 4 is 41.0 Å². The van der Waals surface area contributed by atoms with Crippen LogP contribution in [0.3, 0.4) is 0 Å². The number of nitrogens with one attached hydrogen (secondary N) is 2. The summed E-state index contributed by atoms with van der Waals surface area (Å²) in [7, 11) is 0. The smallest absolute Gasteiger partial charge is 0.325 e. The highest BCUT2D eigenvalue weighted by atomic mass is 35.5. The van der Waals surface area contributed by atoms with E-state index in [1.165, 1.54) is 11.9 Å². The molecular formula is C19H27Cl2N5O4. The number of ether oxygens (including phenoxy) is 1. The van der Waals surface area contributed by atoms with Crippen molar-refractivity contribution in [1.29, 1.82) is 0 Å². The number of nitrogens with two attached hydrogens (primary N) is 1. The van der Waals surface area contributed by atoms with Crippen molar-refractivity contribution in [2.45, 2.75) is 55.6 Å². The van der Waals surface area contributed by atoms with Crippen molar-refractivity contribution in [3.05, 3.63) is 30.1 Å². The molecule has 1 saturated heterocycles. The second-order valence-electron chi connectivity index (χ2n) is 7.39. The predicted octanol–water partition coefficient (Wildman–Crippen LogP) is 0.689. The molecule has 11 heteroatoms. The van der Waals surface area contributed by atoms with Crippen LogP contribution in [0.4, 0.5) is 0 Å². The van der Waals surface area contributed by atoms with Crippen molar-refractivity contribution in [1.82, 2.24) is 20.7 Å². The van der Waals surface area contributed by atoms with Crippen LogP contribution in [0.5, 0.6) is 0 Å². The Bertz CT molecular complexity index is 744. The van der Waals surface area contributed by atoms with Gasteiger partial charge < -0.3 is 15.8 Å². The van der Waals surface area contributed by atoms with E-state index in [1.54, 1.807) is 25.4 Å². The lowest BCUT2D eigenvalue weighted by molar-refractivity contribution is -0.153. The largest absolute Gasteiger partial charge is 0.461 e. The van der Waals surface area contributed by atoms with Crippen LogP contribution < -0.4 is 16.5 Å². The van der Waals surface area contributed by atoms with Gasteiger partial charge in [-0.3, -0.25) is 24.4 Å². The lowest BCUT2D eigenvalue weighted by atomic mass is 10.1. The van der Waals surface area contributed by atoms with Gasteiger partial charge in [0, 0.05) is 18.9 Å². The summed E-state index contributed by atoms with van der Waals surface area (Å²) in [6, 6.07) is 1.24. The highest BCUT2D eigenvalue weighted by Crippen LogP contribution is 2.20. The minimum Gasteiger partial charge on any atom is -0.461 e. The molecule has 1 aromatic rings. The zero-order valence-electron chi connectivity index (χ0n) is 16.9. The van der Waals surface area contributed by atoms with Gasteiger partial charge in [-0.1, -0.05) is 29.3 Å². The third-order valence-electron chi connectivity index (χ3n) is 4.45. The number of pyridine rings is 1. The second kappa shape index (κ2) is 10.9. The number of hydrogen-bond acceptors (Lipinski definition) is 7. The highest BCUT2D eigenvalue weighted by molar-refractivity contribution is 6.48. The monoisotopic (exact) mass is 459 g/mol. The van der Waals surface area contributed by atoms with Crippen molar-refractivity contribution < 1.29 is 19.1 Å². The third-order valence-corrected chi connectivity index (χ3v) is 4.67. The number of rotatable bonds is 8. The van der Waals surface area contributed by atoms with Gasteiger partial charge in [0.2, 0.25) is 5.91 Å². The molecule has 30 heavy (non-hydrogen) atoms. The molecule has 9 nitrogen and oxygen atoms in total. The molecule has 0 unspecified atom stereocenters. The van der Waals surface area contributed by atoms with Gasteiger partial charge in [0.15, 0.2) is 0 Å². The van der Waals surface area contributed by atoms with Crippen LogP contribution in [0.15, 0.2) is 24.5 Å². The summed E-state index contributed by atoms with van der Waals surface area (Å²) in [5, 5.41) is 3.93. The van der Waals surface area contributed by atoms with Crippen LogP contribution in [0.1, 0.15) is 32.3 Å². The van der Waals surface area contributed by atoms with Crippen molar-refractivity contribution in [2.75, 3.05) is 13.2 Å². The number of nitrogens with zero attached hydrogens (tertiary/aromatic N) is 2. The molecule has 3 atom stereocenters. The van der Waals surface area contributed by atoms with E-state index in [0.717, 1.165) is 5.56 Å². The van der Waals surface area contributed by atoms with Gasteiger partial charge in [-0.05, 0) is 44.7 Å². The Balaban J connectivity index is 1.85. The van der Waals surface area contributed by atoms with Crippen LogP contribution in [-0.4, -0.2) is 63.4 Å². The average molecular weight is 460 g/mol. The first-order valence-electron chi connectivity index (χ1n) is 9.63. The summed E-state index contributed by atoms with van der Waals surface area (Å²) in [4.78, 5) is 41.2. The van der Waals surface area contributed by atoms with Crippen LogP contribution >= 0.6 is 23.2 Å². The van der Waals surface area contributed by atoms with Gasteiger partial charge >= 0.3 is 5.97 Å². The fourth-order valence-electron chi connectivity index (χ4n) is 2.89. The first-order chi connectivity index (χ1) is 14.1. The summed E-state index contributed by atoms with van der Waals surface area (Å²) >= 11 is 11.6. The first-order valence-corrected chi connectivity index (χ1v) is 10.4. The molecule has 4 N–H and O–H groups in total. The maximum Gasteiger partial charge on any atom is 0.325 e. The zero-order valence-corrected chi connectivity index (χ0v) is 18.4. The third kappa shape index (κ3) is 7.71. The molecule has 1 aliphatic heterocycles. The van der Waals surface area contributed by atoms with Gasteiger partial charge in [0.25, 0.3) is 5.91 Å². The number of aromatic nitrogens is 1. The Hall–Kier alpha value is -1.94. The lowest BCUT2D eigenvalue weighted by Gasteiger charge is -2.34. The number of carbonyl (C=O) groups excluding carboxylic acids is 3. The molecule has 2 amide bonds. The van der Waals surface area contributed by atoms with Crippen LogP contribution in [0.25, 0.3) is 0 Å². The Morgan fingerprint density at radius 1 is 1.47 bits per heavy atom. The van der Waals surface area contributed by atoms with E-state index in [9.17, 15) is 14.4 Å². The fourth-order valence-corrected chi connectivity index (χ4v) is 3.00. The predicted molar refractivity (Wildman–Crippen MR) is 112 cm³/mol. The summed E-state index contributed by atoms with van der Waals surface area (Å²) in [5.41, 5.74) is 9.61. The number of alkyl halides is 2. The Kier molecular flexibility index (Phi) is 8.84. The van der Waals surface area contributed by atoms with Gasteiger partial charge in [0.05, 0.1) is 6.04 Å². The quantitative estimate of drug-likeness (QED) is 0.385. The number of amides is 2. The van der Waals surface area contributed by atoms with E-state index in [4.69, 9.17) is 33.7 Å². The number of esters is 1. The van der Waals surface area contributed by atoms with Gasteiger partial charge in [-0.15, -0.1) is 0 Å². The minimum atomic E-state index is -1.19. The Labute approximate surface area is 185 Å². The van der Waals surface area contributed by atoms with Crippen LogP contribution in [-0.2, 0) is 25.5 Å². The molecule has 0 aliphatic carbocycles. The molecule has 1 aromatic heterocycles. The van der Waals surface area contributed by atoms with Crippen molar-refractivity contribution in [3.8, 4) is 0 Å². The number of hydrogen-bond donors (Lipinski definition) is 3. The summed E-state index contributed by atoms with van der Waals surface area (Å²) in [6.45, 7) is 3.31. The SMILES string of the molecule is C[C@H](NC(=O)[C@@H](N)Cc1cccnc1)C(=O)N1CCC[C@@H](C(=O)OCC(C)(Cl)Cl)N1. The topological polar surface area (TPSA) is 127 Å². The molecule has 1 aliphatic rings. The van der Waals surface area contributed by atoms with Crippen LogP contribution in [0.2, 0.25) is 0 Å². The summed E-state index contributed by atoms with van der Waals surface area (Å²) in [5.74, 6) is -1.37.